The van der Waals surface area contributed by atoms with E-state index in [0.717, 1.165) is 5.92 Å². The molecule has 3 rings (SSSR count). The molecule has 0 atom stereocenters. The summed E-state index contributed by atoms with van der Waals surface area (Å²) in [7, 11) is 0. The molecule has 1 fully saturated rings. The Morgan fingerprint density at radius 2 is 1.67 bits per heavy atom. The van der Waals surface area contributed by atoms with Crippen LogP contribution in [0.4, 0.5) is 0 Å². The number of hydrogen-bond donors (Lipinski definition) is 0. The third-order valence-corrected chi connectivity index (χ3v) is 4.22. The molecule has 0 spiro atoms. The Hall–Kier alpha value is -1.30. The zero-order valence-electron chi connectivity index (χ0n) is 10.9. The Labute approximate surface area is 110 Å². The van der Waals surface area contributed by atoms with Crippen LogP contribution in [-0.2, 0) is 0 Å². The van der Waals surface area contributed by atoms with Crippen molar-refractivity contribution in [1.29, 1.82) is 0 Å². The minimum Gasteiger partial charge on any atom is -0.0616 e. The Morgan fingerprint density at radius 1 is 0.889 bits per heavy atom. The molecule has 0 heteroatoms. The molecular weight excluding hydrogens is 216 g/mol. The van der Waals surface area contributed by atoms with Gasteiger partial charge in [0.15, 0.2) is 0 Å². The number of benzene rings is 2. The lowest BCUT2D eigenvalue weighted by Gasteiger charge is -2.21. The van der Waals surface area contributed by atoms with E-state index in [2.05, 4.69) is 48.9 Å². The summed E-state index contributed by atoms with van der Waals surface area (Å²) in [5, 5.41) is 2.76. The lowest BCUT2D eigenvalue weighted by Crippen LogP contribution is -2.06. The monoisotopic (exact) mass is 237 g/mol. The van der Waals surface area contributed by atoms with Crippen molar-refractivity contribution in [2.45, 2.75) is 38.5 Å². The molecule has 2 aromatic carbocycles. The van der Waals surface area contributed by atoms with Crippen LogP contribution >= 0.6 is 0 Å². The second-order valence-corrected chi connectivity index (χ2v) is 5.51. The van der Waals surface area contributed by atoms with Gasteiger partial charge in [-0.05, 0) is 35.1 Å². The standard InChI is InChI=1S/C18H21/c1-2-7-15(8-3-1)13-14-17-11-6-10-16-9-4-5-12-18(16)17/h4-6,9-12,14-15H,1-3,7-8,13H2. The van der Waals surface area contributed by atoms with Crippen molar-refractivity contribution in [2.24, 2.45) is 5.92 Å². The van der Waals surface area contributed by atoms with Gasteiger partial charge in [0.05, 0.1) is 0 Å². The summed E-state index contributed by atoms with van der Waals surface area (Å²) in [6, 6.07) is 15.3. The topological polar surface area (TPSA) is 0 Å². The smallest absolute Gasteiger partial charge is 0.00840 e. The molecule has 0 amide bonds. The molecule has 1 aliphatic carbocycles. The molecule has 2 aromatic rings. The Balaban J connectivity index is 1.74. The molecule has 0 unspecified atom stereocenters. The zero-order chi connectivity index (χ0) is 12.2. The summed E-state index contributed by atoms with van der Waals surface area (Å²) >= 11 is 0. The molecule has 0 aliphatic heterocycles. The van der Waals surface area contributed by atoms with E-state index >= 15 is 0 Å². The zero-order valence-corrected chi connectivity index (χ0v) is 10.9. The average molecular weight is 237 g/mol. The molecule has 0 nitrogen and oxygen atoms in total. The van der Waals surface area contributed by atoms with Crippen LogP contribution in [0.1, 0.15) is 44.1 Å². The number of rotatable bonds is 3. The van der Waals surface area contributed by atoms with Crippen LogP contribution in [0, 0.1) is 12.3 Å². The van der Waals surface area contributed by atoms with E-state index in [1.807, 2.05) is 0 Å². The first kappa shape index (κ1) is 11.8. The van der Waals surface area contributed by atoms with Gasteiger partial charge in [0.25, 0.3) is 0 Å². The van der Waals surface area contributed by atoms with E-state index in [9.17, 15) is 0 Å². The van der Waals surface area contributed by atoms with Crippen molar-refractivity contribution in [3.05, 3.63) is 54.4 Å². The van der Waals surface area contributed by atoms with Crippen LogP contribution in [0.5, 0.6) is 0 Å². The van der Waals surface area contributed by atoms with Gasteiger partial charge in [-0.25, -0.2) is 0 Å². The van der Waals surface area contributed by atoms with Gasteiger partial charge in [0.1, 0.15) is 0 Å². The summed E-state index contributed by atoms with van der Waals surface area (Å²) in [4.78, 5) is 0. The molecular formula is C18H21. The van der Waals surface area contributed by atoms with Crippen LogP contribution in [-0.4, -0.2) is 0 Å². The molecule has 0 N–H and O–H groups in total. The summed E-state index contributed by atoms with van der Waals surface area (Å²) in [6.07, 6.45) is 10.9. The lowest BCUT2D eigenvalue weighted by molar-refractivity contribution is 0.356. The fraction of sp³-hybridized carbons (Fsp3) is 0.389. The first-order chi connectivity index (χ1) is 8.93. The van der Waals surface area contributed by atoms with Crippen LogP contribution in [0.3, 0.4) is 0 Å². The Morgan fingerprint density at radius 3 is 2.56 bits per heavy atom. The highest BCUT2D eigenvalue weighted by atomic mass is 14.2. The Kier molecular flexibility index (Phi) is 3.64. The summed E-state index contributed by atoms with van der Waals surface area (Å²) < 4.78 is 0. The van der Waals surface area contributed by atoms with Crippen LogP contribution < -0.4 is 0 Å². The van der Waals surface area contributed by atoms with E-state index in [-0.39, 0.29) is 0 Å². The highest BCUT2D eigenvalue weighted by Gasteiger charge is 2.13. The highest BCUT2D eigenvalue weighted by molar-refractivity contribution is 5.86. The first-order valence-corrected chi connectivity index (χ1v) is 7.24. The van der Waals surface area contributed by atoms with E-state index in [1.165, 1.54) is 54.9 Å². The third-order valence-electron chi connectivity index (χ3n) is 4.22. The lowest BCUT2D eigenvalue weighted by atomic mass is 9.85. The second kappa shape index (κ2) is 5.56. The third kappa shape index (κ3) is 2.58. The molecule has 0 bridgehead atoms. The van der Waals surface area contributed by atoms with E-state index in [1.54, 1.807) is 0 Å². The minimum absolute atomic E-state index is 0.928. The Bertz CT molecular complexity index is 501. The van der Waals surface area contributed by atoms with Gasteiger partial charge in [-0.1, -0.05) is 74.6 Å². The van der Waals surface area contributed by atoms with Crippen molar-refractivity contribution in [3.8, 4) is 0 Å². The van der Waals surface area contributed by atoms with Gasteiger partial charge in [0.2, 0.25) is 0 Å². The molecule has 1 radical (unpaired) electrons. The minimum atomic E-state index is 0.928. The predicted molar refractivity (Wildman–Crippen MR) is 78.5 cm³/mol. The molecule has 93 valence electrons. The fourth-order valence-electron chi connectivity index (χ4n) is 3.14. The van der Waals surface area contributed by atoms with Gasteiger partial charge in [-0.2, -0.15) is 0 Å². The van der Waals surface area contributed by atoms with Crippen molar-refractivity contribution in [2.75, 3.05) is 0 Å². The first-order valence-electron chi connectivity index (χ1n) is 7.24. The maximum atomic E-state index is 2.46. The maximum Gasteiger partial charge on any atom is -0.00840 e. The summed E-state index contributed by atoms with van der Waals surface area (Å²) in [5.74, 6) is 0.928. The predicted octanol–water partition coefficient (Wildman–Crippen LogP) is 5.36. The largest absolute Gasteiger partial charge is 0.0616 e. The normalized spacial score (nSPS) is 17.1. The van der Waals surface area contributed by atoms with Gasteiger partial charge < -0.3 is 0 Å². The van der Waals surface area contributed by atoms with Gasteiger partial charge in [-0.15, -0.1) is 0 Å². The van der Waals surface area contributed by atoms with Gasteiger partial charge in [-0.3, -0.25) is 0 Å². The molecule has 0 aromatic heterocycles. The molecule has 1 saturated carbocycles. The molecule has 0 heterocycles. The molecule has 0 saturated heterocycles. The van der Waals surface area contributed by atoms with Crippen LogP contribution in [0.15, 0.2) is 42.5 Å². The van der Waals surface area contributed by atoms with E-state index < -0.39 is 0 Å². The fourth-order valence-corrected chi connectivity index (χ4v) is 3.14. The maximum absolute atomic E-state index is 2.46. The van der Waals surface area contributed by atoms with Crippen LogP contribution in [0.2, 0.25) is 0 Å². The van der Waals surface area contributed by atoms with Crippen LogP contribution in [0.25, 0.3) is 10.8 Å². The van der Waals surface area contributed by atoms with E-state index in [4.69, 9.17) is 0 Å². The van der Waals surface area contributed by atoms with Crippen molar-refractivity contribution in [3.63, 3.8) is 0 Å². The summed E-state index contributed by atoms with van der Waals surface area (Å²) in [5.41, 5.74) is 1.42. The average Bonchev–Trinajstić information content (AvgIpc) is 2.46. The van der Waals surface area contributed by atoms with Crippen molar-refractivity contribution >= 4 is 10.8 Å². The quantitative estimate of drug-likeness (QED) is 0.674. The van der Waals surface area contributed by atoms with Gasteiger partial charge >= 0.3 is 0 Å². The number of fused-ring (bicyclic) bond motifs is 1. The van der Waals surface area contributed by atoms with Crippen molar-refractivity contribution < 1.29 is 0 Å². The van der Waals surface area contributed by atoms with Gasteiger partial charge in [0, 0.05) is 0 Å². The SMILES string of the molecule is [CH](CC1CCCCC1)c1cccc2ccccc12. The highest BCUT2D eigenvalue weighted by Crippen LogP contribution is 2.29. The van der Waals surface area contributed by atoms with Crippen molar-refractivity contribution in [1.82, 2.24) is 0 Å². The second-order valence-electron chi connectivity index (χ2n) is 5.51. The molecule has 18 heavy (non-hydrogen) atoms. The molecule has 1 aliphatic rings. The summed E-state index contributed by atoms with van der Waals surface area (Å²) in [6.45, 7) is 0. The van der Waals surface area contributed by atoms with E-state index in [0.29, 0.717) is 0 Å². The number of hydrogen-bond acceptors (Lipinski definition) is 0.